The minimum absolute atomic E-state index is 0.0000297. The van der Waals surface area contributed by atoms with Gasteiger partial charge in [0.2, 0.25) is 5.95 Å². The van der Waals surface area contributed by atoms with E-state index in [1.165, 1.54) is 29.2 Å². The van der Waals surface area contributed by atoms with Crippen LogP contribution in [0.4, 0.5) is 10.3 Å². The molecular formula is C14H11ClFN7O3. The van der Waals surface area contributed by atoms with Crippen molar-refractivity contribution in [3.8, 4) is 5.69 Å². The van der Waals surface area contributed by atoms with Gasteiger partial charge in [0.1, 0.15) is 18.7 Å². The molecule has 0 bridgehead atoms. The Labute approximate surface area is 150 Å². The van der Waals surface area contributed by atoms with Crippen molar-refractivity contribution in [3.05, 3.63) is 46.8 Å². The molecule has 3 aromatic rings. The summed E-state index contributed by atoms with van der Waals surface area (Å²) in [6.07, 6.45) is 1.17. The second kappa shape index (κ2) is 6.88. The number of halogens is 2. The summed E-state index contributed by atoms with van der Waals surface area (Å²) in [5, 5.41) is 22.5. The molecule has 0 aliphatic rings. The van der Waals surface area contributed by atoms with E-state index in [9.17, 15) is 14.0 Å². The summed E-state index contributed by atoms with van der Waals surface area (Å²) in [5.74, 6) is -2.37. The smallest absolute Gasteiger partial charge is 0.325 e. The van der Waals surface area contributed by atoms with Gasteiger partial charge in [-0.15, -0.1) is 10.2 Å². The topological polar surface area (TPSA) is 128 Å². The van der Waals surface area contributed by atoms with Crippen LogP contribution in [-0.2, 0) is 11.3 Å². The van der Waals surface area contributed by atoms with Gasteiger partial charge in [0, 0.05) is 0 Å². The van der Waals surface area contributed by atoms with E-state index in [1.807, 2.05) is 0 Å². The van der Waals surface area contributed by atoms with Crippen LogP contribution in [0.25, 0.3) is 5.69 Å². The molecule has 1 amide bonds. The van der Waals surface area contributed by atoms with Gasteiger partial charge in [0.25, 0.3) is 5.91 Å². The van der Waals surface area contributed by atoms with Crippen LogP contribution in [0.15, 0.2) is 24.5 Å². The lowest BCUT2D eigenvalue weighted by Gasteiger charge is -2.04. The van der Waals surface area contributed by atoms with Gasteiger partial charge in [-0.05, 0) is 25.1 Å². The summed E-state index contributed by atoms with van der Waals surface area (Å²) in [7, 11) is 0. The molecule has 10 nitrogen and oxygen atoms in total. The fraction of sp³-hybridized carbons (Fsp3) is 0.143. The monoisotopic (exact) mass is 379 g/mol. The van der Waals surface area contributed by atoms with E-state index in [-0.39, 0.29) is 23.2 Å². The summed E-state index contributed by atoms with van der Waals surface area (Å²) in [4.78, 5) is 26.7. The SMILES string of the molecule is Cc1c(C(=O)Nc2ncn(CC(=O)O)n2)nnn1-c1ccc(F)c(Cl)c1. The number of amides is 1. The zero-order valence-electron chi connectivity index (χ0n) is 13.2. The zero-order chi connectivity index (χ0) is 18.8. The summed E-state index contributed by atoms with van der Waals surface area (Å²) in [6.45, 7) is 1.21. The predicted molar refractivity (Wildman–Crippen MR) is 86.7 cm³/mol. The Balaban J connectivity index is 1.80. The highest BCUT2D eigenvalue weighted by Crippen LogP contribution is 2.20. The number of hydrogen-bond acceptors (Lipinski definition) is 6. The van der Waals surface area contributed by atoms with Gasteiger partial charge in [-0.2, -0.15) is 0 Å². The van der Waals surface area contributed by atoms with Crippen LogP contribution >= 0.6 is 11.6 Å². The standard InChI is InChI=1S/C14H11ClFN7O3/c1-7-12(13(26)18-14-17-6-22(20-14)5-11(24)25)19-21-23(7)8-2-3-10(16)9(15)4-8/h2-4,6H,5H2,1H3,(H,24,25)(H,18,20,26). The first-order valence-corrected chi connectivity index (χ1v) is 7.53. The third kappa shape index (κ3) is 3.52. The number of benzene rings is 1. The Bertz CT molecular complexity index is 1000. The van der Waals surface area contributed by atoms with Crippen LogP contribution < -0.4 is 5.32 Å². The van der Waals surface area contributed by atoms with E-state index in [1.54, 1.807) is 6.92 Å². The average molecular weight is 380 g/mol. The minimum atomic E-state index is -1.09. The molecule has 0 saturated carbocycles. The van der Waals surface area contributed by atoms with Crippen molar-refractivity contribution in [2.45, 2.75) is 13.5 Å². The van der Waals surface area contributed by atoms with E-state index >= 15 is 0 Å². The number of nitrogens with zero attached hydrogens (tertiary/aromatic N) is 6. The maximum atomic E-state index is 13.3. The Hall–Kier alpha value is -3.34. The van der Waals surface area contributed by atoms with Crippen molar-refractivity contribution < 1.29 is 19.1 Å². The Morgan fingerprint density at radius 3 is 2.85 bits per heavy atom. The van der Waals surface area contributed by atoms with Crippen LogP contribution in [0.3, 0.4) is 0 Å². The van der Waals surface area contributed by atoms with Crippen LogP contribution in [0, 0.1) is 12.7 Å². The number of carboxylic acids is 1. The first kappa shape index (κ1) is 17.5. The zero-order valence-corrected chi connectivity index (χ0v) is 14.0. The largest absolute Gasteiger partial charge is 0.480 e. The molecule has 2 aromatic heterocycles. The van der Waals surface area contributed by atoms with Crippen molar-refractivity contribution in [3.63, 3.8) is 0 Å². The van der Waals surface area contributed by atoms with Crippen molar-refractivity contribution in [2.24, 2.45) is 0 Å². The highest BCUT2D eigenvalue weighted by atomic mass is 35.5. The highest BCUT2D eigenvalue weighted by molar-refractivity contribution is 6.30. The van der Waals surface area contributed by atoms with Crippen molar-refractivity contribution in [1.29, 1.82) is 0 Å². The molecule has 12 heteroatoms. The van der Waals surface area contributed by atoms with Gasteiger partial charge in [0.15, 0.2) is 5.69 Å². The molecule has 0 atom stereocenters. The molecule has 0 unspecified atom stereocenters. The number of carbonyl (C=O) groups excluding carboxylic acids is 1. The molecular weight excluding hydrogens is 369 g/mol. The number of carbonyl (C=O) groups is 2. The van der Waals surface area contributed by atoms with E-state index in [2.05, 4.69) is 25.7 Å². The summed E-state index contributed by atoms with van der Waals surface area (Å²) >= 11 is 5.75. The lowest BCUT2D eigenvalue weighted by Crippen LogP contribution is -2.16. The van der Waals surface area contributed by atoms with Gasteiger partial charge in [-0.1, -0.05) is 16.8 Å². The van der Waals surface area contributed by atoms with Crippen molar-refractivity contribution >= 4 is 29.4 Å². The molecule has 0 spiro atoms. The molecule has 0 aliphatic heterocycles. The molecule has 2 N–H and O–H groups in total. The maximum absolute atomic E-state index is 13.3. The third-order valence-corrected chi connectivity index (χ3v) is 3.61. The number of anilines is 1. The quantitative estimate of drug-likeness (QED) is 0.683. The fourth-order valence-electron chi connectivity index (χ4n) is 2.13. The molecule has 1 aromatic carbocycles. The molecule has 0 aliphatic carbocycles. The molecule has 134 valence electrons. The predicted octanol–water partition coefficient (Wildman–Crippen LogP) is 1.30. The minimum Gasteiger partial charge on any atom is -0.480 e. The molecule has 0 fully saturated rings. The van der Waals surface area contributed by atoms with Gasteiger partial charge in [-0.3, -0.25) is 14.9 Å². The van der Waals surface area contributed by atoms with Crippen molar-refractivity contribution in [1.82, 2.24) is 29.8 Å². The van der Waals surface area contributed by atoms with Crippen LogP contribution in [0.1, 0.15) is 16.2 Å². The highest BCUT2D eigenvalue weighted by Gasteiger charge is 2.19. The van der Waals surface area contributed by atoms with Crippen LogP contribution in [0.2, 0.25) is 5.02 Å². The molecule has 0 saturated heterocycles. The van der Waals surface area contributed by atoms with Crippen LogP contribution in [-0.4, -0.2) is 46.7 Å². The molecule has 3 rings (SSSR count). The van der Waals surface area contributed by atoms with Gasteiger partial charge < -0.3 is 5.11 Å². The Morgan fingerprint density at radius 1 is 1.38 bits per heavy atom. The number of aromatic nitrogens is 6. The lowest BCUT2D eigenvalue weighted by atomic mass is 10.2. The van der Waals surface area contributed by atoms with Gasteiger partial charge in [0.05, 0.1) is 16.4 Å². The Morgan fingerprint density at radius 2 is 2.15 bits per heavy atom. The molecule has 0 radical (unpaired) electrons. The lowest BCUT2D eigenvalue weighted by molar-refractivity contribution is -0.137. The fourth-order valence-corrected chi connectivity index (χ4v) is 2.30. The van der Waals surface area contributed by atoms with Gasteiger partial charge >= 0.3 is 5.97 Å². The van der Waals surface area contributed by atoms with E-state index in [0.717, 1.165) is 4.68 Å². The van der Waals surface area contributed by atoms with Gasteiger partial charge in [-0.25, -0.2) is 18.7 Å². The number of aliphatic carboxylic acids is 1. The average Bonchev–Trinajstić information content (AvgIpc) is 3.16. The number of nitrogens with one attached hydrogen (secondary N) is 1. The normalized spacial score (nSPS) is 10.7. The van der Waals surface area contributed by atoms with E-state index < -0.39 is 17.7 Å². The van der Waals surface area contributed by atoms with Crippen LogP contribution in [0.5, 0.6) is 0 Å². The van der Waals surface area contributed by atoms with E-state index in [4.69, 9.17) is 16.7 Å². The second-order valence-corrected chi connectivity index (χ2v) is 5.55. The molecule has 26 heavy (non-hydrogen) atoms. The Kier molecular flexibility index (Phi) is 4.63. The maximum Gasteiger partial charge on any atom is 0.325 e. The number of carboxylic acid groups (broad SMARTS) is 1. The second-order valence-electron chi connectivity index (χ2n) is 5.15. The first-order valence-electron chi connectivity index (χ1n) is 7.15. The first-order chi connectivity index (χ1) is 12.3. The number of rotatable bonds is 5. The van der Waals surface area contributed by atoms with E-state index in [0.29, 0.717) is 11.4 Å². The van der Waals surface area contributed by atoms with Crippen molar-refractivity contribution in [2.75, 3.05) is 5.32 Å². The summed E-state index contributed by atoms with van der Waals surface area (Å²) in [5.41, 5.74) is 0.819. The summed E-state index contributed by atoms with van der Waals surface area (Å²) in [6, 6.07) is 3.98. The summed E-state index contributed by atoms with van der Waals surface area (Å²) < 4.78 is 15.7. The molecule has 2 heterocycles. The third-order valence-electron chi connectivity index (χ3n) is 3.32. The number of hydrogen-bond donors (Lipinski definition) is 2.